The van der Waals surface area contributed by atoms with Gasteiger partial charge in [-0.3, -0.25) is 9.88 Å². The highest BCUT2D eigenvalue weighted by Gasteiger charge is 2.28. The van der Waals surface area contributed by atoms with E-state index in [4.69, 9.17) is 9.72 Å². The van der Waals surface area contributed by atoms with Gasteiger partial charge in [0, 0.05) is 24.5 Å². The van der Waals surface area contributed by atoms with Crippen LogP contribution in [0.2, 0.25) is 0 Å². The number of anilines is 2. The van der Waals surface area contributed by atoms with E-state index in [0.717, 1.165) is 36.8 Å². The van der Waals surface area contributed by atoms with Crippen LogP contribution in [0.5, 0.6) is 5.75 Å². The molecule has 0 amide bonds. The van der Waals surface area contributed by atoms with Crippen molar-refractivity contribution in [1.82, 2.24) is 19.9 Å². The maximum Gasteiger partial charge on any atom is 0.150 e. The molecule has 2 aromatic heterocycles. The summed E-state index contributed by atoms with van der Waals surface area (Å²) in [7, 11) is 1.78. The minimum Gasteiger partial charge on any atom is -0.496 e. The predicted molar refractivity (Wildman–Crippen MR) is 117 cm³/mol. The molecular weight excluding hydrogens is 374 g/mol. The number of ether oxygens (including phenoxy) is 1. The van der Waals surface area contributed by atoms with Gasteiger partial charge in [0.15, 0.2) is 0 Å². The quantitative estimate of drug-likeness (QED) is 0.658. The smallest absolute Gasteiger partial charge is 0.150 e. The minimum absolute atomic E-state index is 0.312. The SMILES string of the molecule is COc1cc2c(cc1CN1CCC[C@H]1c1cccc(Nc3cnccn3)n1)CCC2. The zero-order valence-corrected chi connectivity index (χ0v) is 17.3. The average Bonchev–Trinajstić information content (AvgIpc) is 3.43. The van der Waals surface area contributed by atoms with Crippen molar-refractivity contribution < 1.29 is 4.74 Å². The van der Waals surface area contributed by atoms with Crippen LogP contribution in [0, 0.1) is 0 Å². The van der Waals surface area contributed by atoms with Crippen molar-refractivity contribution in [2.45, 2.75) is 44.7 Å². The van der Waals surface area contributed by atoms with E-state index in [0.29, 0.717) is 11.9 Å². The second-order valence-electron chi connectivity index (χ2n) is 8.08. The van der Waals surface area contributed by atoms with Gasteiger partial charge in [0.05, 0.1) is 25.0 Å². The van der Waals surface area contributed by atoms with E-state index in [1.165, 1.54) is 42.4 Å². The monoisotopic (exact) mass is 401 g/mol. The summed E-state index contributed by atoms with van der Waals surface area (Å²) in [6.45, 7) is 1.97. The topological polar surface area (TPSA) is 63.2 Å². The summed E-state index contributed by atoms with van der Waals surface area (Å²) < 4.78 is 5.74. The van der Waals surface area contributed by atoms with Crippen LogP contribution in [0.15, 0.2) is 48.9 Å². The van der Waals surface area contributed by atoms with E-state index in [2.05, 4.69) is 44.5 Å². The van der Waals surface area contributed by atoms with Crippen LogP contribution < -0.4 is 10.1 Å². The summed E-state index contributed by atoms with van der Waals surface area (Å²) in [4.78, 5) is 15.8. The van der Waals surface area contributed by atoms with Crippen LogP contribution in [0.4, 0.5) is 11.6 Å². The van der Waals surface area contributed by atoms with Gasteiger partial charge < -0.3 is 10.1 Å². The molecule has 0 spiro atoms. The van der Waals surface area contributed by atoms with Crippen molar-refractivity contribution in [1.29, 1.82) is 0 Å². The van der Waals surface area contributed by atoms with Crippen molar-refractivity contribution in [3.63, 3.8) is 0 Å². The minimum atomic E-state index is 0.312. The van der Waals surface area contributed by atoms with Crippen molar-refractivity contribution >= 4 is 11.6 Å². The van der Waals surface area contributed by atoms with E-state index in [1.54, 1.807) is 25.7 Å². The number of aryl methyl sites for hydroxylation is 2. The Morgan fingerprint density at radius 2 is 2.00 bits per heavy atom. The van der Waals surface area contributed by atoms with E-state index < -0.39 is 0 Å². The van der Waals surface area contributed by atoms with E-state index >= 15 is 0 Å². The first kappa shape index (κ1) is 19.0. The lowest BCUT2D eigenvalue weighted by molar-refractivity contribution is 0.240. The number of aromatic nitrogens is 3. The number of likely N-dealkylation sites (tertiary alicyclic amines) is 1. The highest BCUT2D eigenvalue weighted by molar-refractivity contribution is 5.50. The Balaban J connectivity index is 1.36. The molecule has 1 N–H and O–H groups in total. The number of benzene rings is 1. The number of hydrogen-bond acceptors (Lipinski definition) is 6. The number of methoxy groups -OCH3 is 1. The van der Waals surface area contributed by atoms with Crippen LogP contribution in [-0.4, -0.2) is 33.5 Å². The second-order valence-corrected chi connectivity index (χ2v) is 8.08. The first-order valence-electron chi connectivity index (χ1n) is 10.7. The molecule has 0 unspecified atom stereocenters. The predicted octanol–water partition coefficient (Wildman–Crippen LogP) is 4.45. The Labute approximate surface area is 177 Å². The number of rotatable bonds is 6. The molecule has 0 radical (unpaired) electrons. The Morgan fingerprint density at radius 1 is 1.10 bits per heavy atom. The third-order valence-electron chi connectivity index (χ3n) is 6.16. The van der Waals surface area contributed by atoms with Gasteiger partial charge in [-0.15, -0.1) is 0 Å². The van der Waals surface area contributed by atoms with Gasteiger partial charge in [0.1, 0.15) is 17.4 Å². The molecule has 1 aliphatic heterocycles. The lowest BCUT2D eigenvalue weighted by Gasteiger charge is -2.25. The Hall–Kier alpha value is -2.99. The first-order valence-corrected chi connectivity index (χ1v) is 10.7. The molecule has 1 saturated heterocycles. The highest BCUT2D eigenvalue weighted by atomic mass is 16.5. The number of nitrogens with one attached hydrogen (secondary N) is 1. The van der Waals surface area contributed by atoms with Gasteiger partial charge in [-0.2, -0.15) is 0 Å². The molecule has 154 valence electrons. The normalized spacial score (nSPS) is 18.4. The lowest BCUT2D eigenvalue weighted by Crippen LogP contribution is -2.24. The van der Waals surface area contributed by atoms with Gasteiger partial charge in [-0.25, -0.2) is 9.97 Å². The highest BCUT2D eigenvalue weighted by Crippen LogP contribution is 2.36. The zero-order valence-electron chi connectivity index (χ0n) is 17.3. The Kier molecular flexibility index (Phi) is 5.32. The molecular formula is C24H27N5O. The van der Waals surface area contributed by atoms with E-state index in [-0.39, 0.29) is 0 Å². The van der Waals surface area contributed by atoms with E-state index in [9.17, 15) is 0 Å². The Morgan fingerprint density at radius 3 is 2.83 bits per heavy atom. The number of pyridine rings is 1. The zero-order chi connectivity index (χ0) is 20.3. The molecule has 3 aromatic rings. The van der Waals surface area contributed by atoms with Gasteiger partial charge in [-0.05, 0) is 68.0 Å². The van der Waals surface area contributed by atoms with Crippen LogP contribution in [-0.2, 0) is 19.4 Å². The fraction of sp³-hybridized carbons (Fsp3) is 0.375. The number of fused-ring (bicyclic) bond motifs is 1. The lowest BCUT2D eigenvalue weighted by atomic mass is 10.0. The van der Waals surface area contributed by atoms with Gasteiger partial charge in [0.25, 0.3) is 0 Å². The molecule has 6 nitrogen and oxygen atoms in total. The van der Waals surface area contributed by atoms with Crippen molar-refractivity contribution in [2.24, 2.45) is 0 Å². The van der Waals surface area contributed by atoms with Crippen LogP contribution in [0.1, 0.15) is 47.7 Å². The largest absolute Gasteiger partial charge is 0.496 e. The summed E-state index contributed by atoms with van der Waals surface area (Å²) in [6.07, 6.45) is 11.0. The first-order chi connectivity index (χ1) is 14.8. The molecule has 2 aliphatic rings. The molecule has 1 atom stereocenters. The maximum atomic E-state index is 5.74. The van der Waals surface area contributed by atoms with Crippen molar-refractivity contribution in [3.05, 3.63) is 71.3 Å². The van der Waals surface area contributed by atoms with Crippen molar-refractivity contribution in [2.75, 3.05) is 19.0 Å². The third-order valence-corrected chi connectivity index (χ3v) is 6.16. The van der Waals surface area contributed by atoms with Crippen molar-refractivity contribution in [3.8, 4) is 5.75 Å². The molecule has 1 fully saturated rings. The number of hydrogen-bond donors (Lipinski definition) is 1. The summed E-state index contributed by atoms with van der Waals surface area (Å²) in [6, 6.07) is 11.1. The Bertz CT molecular complexity index is 1020. The summed E-state index contributed by atoms with van der Waals surface area (Å²) in [5, 5.41) is 3.26. The van der Waals surface area contributed by atoms with E-state index in [1.807, 2.05) is 6.07 Å². The fourth-order valence-electron chi connectivity index (χ4n) is 4.74. The average molecular weight is 402 g/mol. The molecule has 3 heterocycles. The number of nitrogens with zero attached hydrogens (tertiary/aromatic N) is 4. The summed E-state index contributed by atoms with van der Waals surface area (Å²) >= 11 is 0. The standard InChI is InChI=1S/C24H27N5O/c1-30-22-14-18-6-2-5-17(18)13-19(22)16-29-12-4-8-21(29)20-7-3-9-23(27-20)28-24-15-25-10-11-26-24/h3,7,9-11,13-15,21H,2,4-6,8,12,16H2,1H3,(H,26,27,28)/t21-/m0/s1. The van der Waals surface area contributed by atoms with Crippen LogP contribution in [0.3, 0.4) is 0 Å². The summed E-state index contributed by atoms with van der Waals surface area (Å²) in [5.74, 6) is 2.52. The maximum absolute atomic E-state index is 5.74. The summed E-state index contributed by atoms with van der Waals surface area (Å²) in [5.41, 5.74) is 5.34. The second kappa shape index (κ2) is 8.40. The van der Waals surface area contributed by atoms with Crippen LogP contribution >= 0.6 is 0 Å². The fourth-order valence-corrected chi connectivity index (χ4v) is 4.74. The van der Waals surface area contributed by atoms with Crippen LogP contribution in [0.25, 0.3) is 0 Å². The molecule has 1 aliphatic carbocycles. The van der Waals surface area contributed by atoms with Gasteiger partial charge in [0.2, 0.25) is 0 Å². The molecule has 30 heavy (non-hydrogen) atoms. The molecule has 5 rings (SSSR count). The molecule has 0 saturated carbocycles. The van der Waals surface area contributed by atoms with Gasteiger partial charge in [-0.1, -0.05) is 12.1 Å². The molecule has 6 heteroatoms. The van der Waals surface area contributed by atoms with Gasteiger partial charge >= 0.3 is 0 Å². The molecule has 0 bridgehead atoms. The third kappa shape index (κ3) is 3.87. The molecule has 1 aromatic carbocycles.